The van der Waals surface area contributed by atoms with Gasteiger partial charge in [0.05, 0.1) is 10.9 Å². The van der Waals surface area contributed by atoms with Gasteiger partial charge in [0.2, 0.25) is 0 Å². The van der Waals surface area contributed by atoms with Gasteiger partial charge in [0.25, 0.3) is 5.56 Å². The van der Waals surface area contributed by atoms with E-state index in [0.29, 0.717) is 45.5 Å². The highest BCUT2D eigenvalue weighted by Crippen LogP contribution is 2.34. The molecule has 0 saturated heterocycles. The summed E-state index contributed by atoms with van der Waals surface area (Å²) in [4.78, 5) is 35.6. The van der Waals surface area contributed by atoms with Crippen LogP contribution in [0.15, 0.2) is 45.6 Å². The lowest BCUT2D eigenvalue weighted by Gasteiger charge is -2.10. The first-order valence-corrected chi connectivity index (χ1v) is 8.78. The van der Waals surface area contributed by atoms with Crippen LogP contribution in [0, 0.1) is 0 Å². The van der Waals surface area contributed by atoms with Crippen LogP contribution in [-0.2, 0) is 16.1 Å². The smallest absolute Gasteiger partial charge is 0.308 e. The summed E-state index contributed by atoms with van der Waals surface area (Å²) in [7, 11) is 0. The Hall–Kier alpha value is -3.61. The van der Waals surface area contributed by atoms with E-state index in [9.17, 15) is 14.4 Å². The second-order valence-electron chi connectivity index (χ2n) is 6.38. The van der Waals surface area contributed by atoms with Crippen molar-refractivity contribution in [3.8, 4) is 11.5 Å². The van der Waals surface area contributed by atoms with Gasteiger partial charge < -0.3 is 18.5 Å². The zero-order valence-corrected chi connectivity index (χ0v) is 15.6. The van der Waals surface area contributed by atoms with Crippen LogP contribution in [-0.4, -0.2) is 16.5 Å². The minimum atomic E-state index is -0.438. The molecule has 0 atom stereocenters. The van der Waals surface area contributed by atoms with Crippen LogP contribution in [0.1, 0.15) is 20.8 Å². The average molecular weight is 379 g/mol. The Morgan fingerprint density at radius 1 is 0.964 bits per heavy atom. The van der Waals surface area contributed by atoms with Crippen LogP contribution in [0.25, 0.3) is 32.8 Å². The van der Waals surface area contributed by atoms with Gasteiger partial charge in [-0.15, -0.1) is 0 Å². The number of benzene rings is 2. The third-order valence-corrected chi connectivity index (χ3v) is 4.46. The zero-order chi connectivity index (χ0) is 20.0. The van der Waals surface area contributed by atoms with Crippen LogP contribution >= 0.6 is 0 Å². The third kappa shape index (κ3) is 2.81. The van der Waals surface area contributed by atoms with Crippen molar-refractivity contribution in [2.75, 3.05) is 0 Å². The molecule has 2 aromatic heterocycles. The normalized spacial score (nSPS) is 11.2. The van der Waals surface area contributed by atoms with Crippen LogP contribution in [0.2, 0.25) is 0 Å². The third-order valence-electron chi connectivity index (χ3n) is 4.46. The minimum absolute atomic E-state index is 0.205. The van der Waals surface area contributed by atoms with Gasteiger partial charge in [0.15, 0.2) is 0 Å². The van der Waals surface area contributed by atoms with E-state index < -0.39 is 11.9 Å². The highest BCUT2D eigenvalue weighted by atomic mass is 16.5. The van der Waals surface area contributed by atoms with Crippen molar-refractivity contribution < 1.29 is 23.5 Å². The van der Waals surface area contributed by atoms with E-state index in [2.05, 4.69) is 0 Å². The van der Waals surface area contributed by atoms with Crippen LogP contribution in [0.3, 0.4) is 0 Å². The maximum Gasteiger partial charge on any atom is 0.308 e. The molecule has 7 heteroatoms. The van der Waals surface area contributed by atoms with E-state index in [1.807, 2.05) is 6.92 Å². The Labute approximate surface area is 159 Å². The number of aromatic nitrogens is 1. The van der Waals surface area contributed by atoms with E-state index in [0.717, 1.165) is 5.39 Å². The molecular weight excluding hydrogens is 362 g/mol. The molecule has 0 radical (unpaired) electrons. The molecule has 7 nitrogen and oxygen atoms in total. The van der Waals surface area contributed by atoms with Gasteiger partial charge in [0.1, 0.15) is 22.7 Å². The molecule has 2 heterocycles. The Morgan fingerprint density at radius 3 is 2.18 bits per heavy atom. The lowest BCUT2D eigenvalue weighted by Crippen LogP contribution is -2.19. The summed E-state index contributed by atoms with van der Waals surface area (Å²) in [6, 6.07) is 9.99. The largest absolute Gasteiger partial charge is 0.455 e. The fraction of sp³-hybridized carbons (Fsp3) is 0.190. The van der Waals surface area contributed by atoms with E-state index in [1.165, 1.54) is 13.8 Å². The lowest BCUT2D eigenvalue weighted by molar-refractivity contribution is -0.132. The molecule has 0 spiro atoms. The summed E-state index contributed by atoms with van der Waals surface area (Å²) >= 11 is 0. The quantitative estimate of drug-likeness (QED) is 0.398. The van der Waals surface area contributed by atoms with Crippen molar-refractivity contribution in [3.63, 3.8) is 0 Å². The number of aryl methyl sites for hydroxylation is 1. The van der Waals surface area contributed by atoms with Crippen molar-refractivity contribution in [2.45, 2.75) is 27.3 Å². The van der Waals surface area contributed by atoms with Gasteiger partial charge in [-0.1, -0.05) is 0 Å². The van der Waals surface area contributed by atoms with Crippen molar-refractivity contribution >= 4 is 44.8 Å². The number of hydrogen-bond donors (Lipinski definition) is 0. The SMILES string of the molecule is CCn1c(=O)c2c3ccc(OC(C)=O)cc3oc2c2ccc(OC(C)=O)cc21. The summed E-state index contributed by atoms with van der Waals surface area (Å²) in [5.41, 5.74) is 1.29. The van der Waals surface area contributed by atoms with Crippen molar-refractivity contribution in [1.29, 1.82) is 0 Å². The number of rotatable bonds is 3. The monoisotopic (exact) mass is 379 g/mol. The Kier molecular flexibility index (Phi) is 4.15. The van der Waals surface area contributed by atoms with E-state index in [4.69, 9.17) is 13.9 Å². The van der Waals surface area contributed by atoms with E-state index in [-0.39, 0.29) is 5.56 Å². The Bertz CT molecular complexity index is 1330. The summed E-state index contributed by atoms with van der Waals surface area (Å²) in [5, 5.41) is 1.82. The number of carbonyl (C=O) groups is 2. The average Bonchev–Trinajstić information content (AvgIpc) is 3.00. The summed E-state index contributed by atoms with van der Waals surface area (Å²) < 4.78 is 17.8. The van der Waals surface area contributed by atoms with Crippen LogP contribution < -0.4 is 15.0 Å². The van der Waals surface area contributed by atoms with Gasteiger partial charge in [-0.3, -0.25) is 14.4 Å². The molecule has 0 aliphatic rings. The number of fused-ring (bicyclic) bond motifs is 5. The number of furan rings is 1. The van der Waals surface area contributed by atoms with Crippen molar-refractivity contribution in [2.24, 2.45) is 0 Å². The maximum atomic E-state index is 13.2. The molecule has 0 unspecified atom stereocenters. The summed E-state index contributed by atoms with van der Waals surface area (Å²) in [5.74, 6) is -0.176. The summed E-state index contributed by atoms with van der Waals surface area (Å²) in [6.07, 6.45) is 0. The second-order valence-corrected chi connectivity index (χ2v) is 6.38. The van der Waals surface area contributed by atoms with Gasteiger partial charge in [-0.05, 0) is 31.2 Å². The van der Waals surface area contributed by atoms with E-state index >= 15 is 0 Å². The molecule has 142 valence electrons. The fourth-order valence-corrected chi connectivity index (χ4v) is 3.42. The maximum absolute atomic E-state index is 13.2. The van der Waals surface area contributed by atoms with Gasteiger partial charge >= 0.3 is 11.9 Å². The topological polar surface area (TPSA) is 87.7 Å². The van der Waals surface area contributed by atoms with E-state index in [1.54, 1.807) is 41.0 Å². The van der Waals surface area contributed by atoms with Gasteiger partial charge in [0, 0.05) is 43.3 Å². The predicted octanol–water partition coefficient (Wildman–Crippen LogP) is 3.77. The Morgan fingerprint density at radius 2 is 1.57 bits per heavy atom. The van der Waals surface area contributed by atoms with Crippen molar-refractivity contribution in [1.82, 2.24) is 4.57 Å². The summed E-state index contributed by atoms with van der Waals surface area (Å²) in [6.45, 7) is 4.94. The molecule has 0 amide bonds. The van der Waals surface area contributed by atoms with Crippen LogP contribution in [0.4, 0.5) is 0 Å². The highest BCUT2D eigenvalue weighted by molar-refractivity contribution is 6.14. The fourth-order valence-electron chi connectivity index (χ4n) is 3.42. The first kappa shape index (κ1) is 17.8. The number of ether oxygens (including phenoxy) is 2. The second kappa shape index (κ2) is 6.53. The molecule has 4 aromatic rings. The zero-order valence-electron chi connectivity index (χ0n) is 15.6. The number of esters is 2. The first-order chi connectivity index (χ1) is 13.4. The number of pyridine rings is 1. The van der Waals surface area contributed by atoms with Gasteiger partial charge in [-0.2, -0.15) is 0 Å². The molecule has 0 saturated carbocycles. The van der Waals surface area contributed by atoms with Crippen molar-refractivity contribution in [3.05, 3.63) is 46.8 Å². The molecule has 0 bridgehead atoms. The molecule has 0 fully saturated rings. The minimum Gasteiger partial charge on any atom is -0.455 e. The number of nitrogens with zero attached hydrogens (tertiary/aromatic N) is 1. The van der Waals surface area contributed by atoms with Gasteiger partial charge in [-0.25, -0.2) is 0 Å². The predicted molar refractivity (Wildman–Crippen MR) is 104 cm³/mol. The molecule has 4 rings (SSSR count). The Balaban J connectivity index is 2.06. The first-order valence-electron chi connectivity index (χ1n) is 8.78. The number of hydrogen-bond acceptors (Lipinski definition) is 6. The molecule has 28 heavy (non-hydrogen) atoms. The van der Waals surface area contributed by atoms with Crippen LogP contribution in [0.5, 0.6) is 11.5 Å². The molecule has 0 aliphatic heterocycles. The number of carbonyl (C=O) groups excluding carboxylic acids is 2. The molecule has 0 N–H and O–H groups in total. The lowest BCUT2D eigenvalue weighted by atomic mass is 10.1. The highest BCUT2D eigenvalue weighted by Gasteiger charge is 2.18. The molecular formula is C21H17NO6. The molecule has 2 aromatic carbocycles. The molecule has 0 aliphatic carbocycles. The standard InChI is InChI=1S/C21H17NO6/c1-4-22-17-9-13(26-11(2)23)5-7-15(17)20-19(21(22)25)16-8-6-14(27-12(3)24)10-18(16)28-20/h5-10H,4H2,1-3H3.